The summed E-state index contributed by atoms with van der Waals surface area (Å²) < 4.78 is 20.8. The lowest BCUT2D eigenvalue weighted by molar-refractivity contribution is -0.162. The summed E-state index contributed by atoms with van der Waals surface area (Å²) >= 11 is 8.87. The molecule has 206 valence electrons. The van der Waals surface area contributed by atoms with Crippen LogP contribution in [0, 0.1) is 36.0 Å². The highest BCUT2D eigenvalue weighted by Gasteiger charge is 2.62. The SMILES string of the molecule is Cc1nc(/C=C(\F)[C@@H]2C[C@H]3[C@@H](CCC[C@H](C)[C@H](O)[C@@H](C)C(=O)C4(CCC4)[C@@H](O)CC(=O)O2)C3(Br)Br)cs1. The van der Waals surface area contributed by atoms with Crippen molar-refractivity contribution in [1.82, 2.24) is 4.98 Å². The maximum Gasteiger partial charge on any atom is 0.309 e. The molecule has 6 nitrogen and oxygen atoms in total. The van der Waals surface area contributed by atoms with E-state index in [0.29, 0.717) is 18.5 Å². The van der Waals surface area contributed by atoms with Crippen molar-refractivity contribution in [2.45, 2.75) is 93.7 Å². The van der Waals surface area contributed by atoms with Gasteiger partial charge in [-0.2, -0.15) is 0 Å². The summed E-state index contributed by atoms with van der Waals surface area (Å²) in [5, 5.41) is 24.6. The van der Waals surface area contributed by atoms with Crippen molar-refractivity contribution >= 4 is 61.0 Å². The van der Waals surface area contributed by atoms with Gasteiger partial charge in [0.25, 0.3) is 0 Å². The van der Waals surface area contributed by atoms with Gasteiger partial charge < -0.3 is 14.9 Å². The van der Waals surface area contributed by atoms with E-state index in [2.05, 4.69) is 36.8 Å². The number of Topliss-reactive ketones (excluding diaryl/α,β-unsaturated/α-hetero) is 1. The molecule has 37 heavy (non-hydrogen) atoms. The van der Waals surface area contributed by atoms with Gasteiger partial charge in [-0.25, -0.2) is 9.37 Å². The molecule has 0 aromatic carbocycles. The average molecular weight is 665 g/mol. The molecule has 3 aliphatic rings. The first-order chi connectivity index (χ1) is 17.4. The van der Waals surface area contributed by atoms with Crippen molar-refractivity contribution < 1.29 is 28.9 Å². The van der Waals surface area contributed by atoms with Crippen LogP contribution in [0.4, 0.5) is 4.39 Å². The van der Waals surface area contributed by atoms with E-state index in [9.17, 15) is 19.8 Å². The van der Waals surface area contributed by atoms with Crippen LogP contribution in [0.3, 0.4) is 0 Å². The minimum Gasteiger partial charge on any atom is -0.455 e. The van der Waals surface area contributed by atoms with Crippen molar-refractivity contribution in [3.63, 3.8) is 0 Å². The fourth-order valence-corrected chi connectivity index (χ4v) is 8.51. The van der Waals surface area contributed by atoms with Crippen molar-refractivity contribution in [1.29, 1.82) is 0 Å². The molecular formula is C27H36Br2FNO5S. The fourth-order valence-electron chi connectivity index (χ4n) is 6.10. The Bertz CT molecular complexity index is 1040. The summed E-state index contributed by atoms with van der Waals surface area (Å²) in [7, 11) is 0. The molecule has 0 unspecified atom stereocenters. The third-order valence-corrected chi connectivity index (χ3v) is 11.9. The molecule has 10 heteroatoms. The number of aliphatic hydroxyl groups excluding tert-OH is 2. The molecule has 2 heterocycles. The number of thiazole rings is 1. The summed E-state index contributed by atoms with van der Waals surface area (Å²) in [4.78, 5) is 30.8. The minimum atomic E-state index is -1.24. The van der Waals surface area contributed by atoms with Crippen LogP contribution in [-0.4, -0.2) is 48.5 Å². The molecule has 1 aliphatic heterocycles. The molecule has 2 N–H and O–H groups in total. The number of alkyl halides is 2. The molecule has 0 bridgehead atoms. The number of nitrogens with zero attached hydrogens (tertiary/aromatic N) is 1. The molecule has 1 spiro atoms. The Labute approximate surface area is 238 Å². The first kappa shape index (κ1) is 29.3. The lowest BCUT2D eigenvalue weighted by Crippen LogP contribution is -2.53. The molecule has 3 fully saturated rings. The van der Waals surface area contributed by atoms with Crippen molar-refractivity contribution in [3.8, 4) is 0 Å². The predicted molar refractivity (Wildman–Crippen MR) is 148 cm³/mol. The van der Waals surface area contributed by atoms with E-state index in [0.717, 1.165) is 30.7 Å². The van der Waals surface area contributed by atoms with E-state index >= 15 is 4.39 Å². The van der Waals surface area contributed by atoms with Crippen LogP contribution in [-0.2, 0) is 14.3 Å². The van der Waals surface area contributed by atoms with E-state index < -0.39 is 47.9 Å². The Morgan fingerprint density at radius 1 is 1.19 bits per heavy atom. The normalized spacial score (nSPS) is 37.0. The zero-order chi connectivity index (χ0) is 27.1. The summed E-state index contributed by atoms with van der Waals surface area (Å²) in [6, 6.07) is 0. The number of hydrogen-bond donors (Lipinski definition) is 2. The van der Waals surface area contributed by atoms with Gasteiger partial charge in [0.2, 0.25) is 0 Å². The van der Waals surface area contributed by atoms with Crippen LogP contribution < -0.4 is 0 Å². The number of ketones is 1. The highest BCUT2D eigenvalue weighted by Crippen LogP contribution is 2.66. The molecule has 0 amide bonds. The number of carbonyl (C=O) groups is 2. The average Bonchev–Trinajstić information content (AvgIpc) is 3.08. The van der Waals surface area contributed by atoms with Crippen molar-refractivity contribution in [2.75, 3.05) is 0 Å². The van der Waals surface area contributed by atoms with Crippen molar-refractivity contribution in [3.05, 3.63) is 21.9 Å². The van der Waals surface area contributed by atoms with Crippen molar-refractivity contribution in [2.24, 2.45) is 29.1 Å². The monoisotopic (exact) mass is 663 g/mol. The zero-order valence-corrected chi connectivity index (χ0v) is 25.5. The van der Waals surface area contributed by atoms with E-state index in [4.69, 9.17) is 4.74 Å². The van der Waals surface area contributed by atoms with Gasteiger partial charge in [-0.3, -0.25) is 9.59 Å². The smallest absolute Gasteiger partial charge is 0.309 e. The Morgan fingerprint density at radius 3 is 2.49 bits per heavy atom. The molecule has 1 aromatic heterocycles. The summed E-state index contributed by atoms with van der Waals surface area (Å²) in [6.07, 6.45) is 2.14. The largest absolute Gasteiger partial charge is 0.455 e. The van der Waals surface area contributed by atoms with Crippen LogP contribution >= 0.6 is 43.2 Å². The molecule has 2 saturated carbocycles. The predicted octanol–water partition coefficient (Wildman–Crippen LogP) is 6.10. The fraction of sp³-hybridized carbons (Fsp3) is 0.741. The first-order valence-electron chi connectivity index (χ1n) is 13.1. The maximum atomic E-state index is 15.5. The second-order valence-corrected chi connectivity index (χ2v) is 16.0. The number of carbonyl (C=O) groups excluding carboxylic acids is 2. The van der Waals surface area contributed by atoms with E-state index in [1.807, 2.05) is 13.8 Å². The third-order valence-electron chi connectivity index (χ3n) is 8.76. The van der Waals surface area contributed by atoms with Crippen LogP contribution in [0.25, 0.3) is 6.08 Å². The first-order valence-corrected chi connectivity index (χ1v) is 15.6. The molecule has 1 saturated heterocycles. The Balaban J connectivity index is 1.60. The Morgan fingerprint density at radius 2 is 1.89 bits per heavy atom. The van der Waals surface area contributed by atoms with Crippen LogP contribution in [0.2, 0.25) is 0 Å². The number of aryl methyl sites for hydroxylation is 1. The number of rotatable bonds is 2. The van der Waals surface area contributed by atoms with Crippen LogP contribution in [0.15, 0.2) is 11.2 Å². The maximum absolute atomic E-state index is 15.5. The third kappa shape index (κ3) is 6.08. The van der Waals surface area contributed by atoms with E-state index in [-0.39, 0.29) is 33.2 Å². The molecule has 2 aliphatic carbocycles. The Hall–Kier alpha value is -0.680. The van der Waals surface area contributed by atoms with Gasteiger partial charge in [-0.15, -0.1) is 11.3 Å². The number of aliphatic hydroxyl groups is 2. The van der Waals surface area contributed by atoms with Gasteiger partial charge in [0.1, 0.15) is 11.6 Å². The zero-order valence-electron chi connectivity index (χ0n) is 21.5. The number of ether oxygens (including phenoxy) is 1. The molecule has 1 aromatic rings. The molecule has 0 radical (unpaired) electrons. The number of halogens is 3. The van der Waals surface area contributed by atoms with Gasteiger partial charge in [-0.05, 0) is 62.9 Å². The highest BCUT2D eigenvalue weighted by molar-refractivity contribution is 9.25. The molecule has 4 rings (SSSR count). The number of hydrogen-bond acceptors (Lipinski definition) is 7. The van der Waals surface area contributed by atoms with E-state index in [1.54, 1.807) is 12.3 Å². The van der Waals surface area contributed by atoms with Gasteiger partial charge in [0.05, 0.1) is 38.0 Å². The molecular weight excluding hydrogens is 629 g/mol. The van der Waals surface area contributed by atoms with E-state index in [1.165, 1.54) is 17.4 Å². The standard InChI is InChI=1S/C27H36Br2FNO5S/c1-14-6-4-7-18-19(27(18,28)29)11-21(20(30)10-17-13-37-16(3)31-17)36-23(33)12-22(32)26(8-5-9-26)25(35)15(2)24(14)34/h10,13-15,18-19,21-22,24,32,34H,4-9,11-12H2,1-3H3/b20-10-/t14-,15+,18+,19-,21-,22-,24-/m0/s1. The lowest BCUT2D eigenvalue weighted by Gasteiger charge is -2.46. The summed E-state index contributed by atoms with van der Waals surface area (Å²) in [5.41, 5.74) is -0.596. The second-order valence-electron chi connectivity index (χ2n) is 11.2. The van der Waals surface area contributed by atoms with Crippen LogP contribution in [0.5, 0.6) is 0 Å². The van der Waals surface area contributed by atoms with Gasteiger partial charge >= 0.3 is 5.97 Å². The quantitative estimate of drug-likeness (QED) is 0.293. The number of cyclic esters (lactones) is 1. The van der Waals surface area contributed by atoms with Gasteiger partial charge in [0.15, 0.2) is 6.10 Å². The number of esters is 1. The molecule has 7 atom stereocenters. The lowest BCUT2D eigenvalue weighted by atomic mass is 9.58. The summed E-state index contributed by atoms with van der Waals surface area (Å²) in [6.45, 7) is 5.51. The van der Waals surface area contributed by atoms with Crippen LogP contribution in [0.1, 0.15) is 75.9 Å². The minimum absolute atomic E-state index is 0.0261. The van der Waals surface area contributed by atoms with Gasteiger partial charge in [-0.1, -0.05) is 58.5 Å². The second kappa shape index (κ2) is 11.4. The van der Waals surface area contributed by atoms with Gasteiger partial charge in [0, 0.05) is 11.3 Å². The number of aromatic nitrogens is 1. The highest BCUT2D eigenvalue weighted by atomic mass is 79.9. The summed E-state index contributed by atoms with van der Waals surface area (Å²) in [5.74, 6) is -2.04. The number of fused-ring (bicyclic) bond motifs is 1. The Kier molecular flexibility index (Phi) is 9.06. The topological polar surface area (TPSA) is 96.7 Å².